The van der Waals surface area contributed by atoms with E-state index in [2.05, 4.69) is 64.5 Å². The largest absolute Gasteiger partial charge is 0.322 e. The van der Waals surface area contributed by atoms with Crippen LogP contribution in [0.5, 0.6) is 0 Å². The normalized spacial score (nSPS) is 13.1. The highest BCUT2D eigenvalue weighted by Gasteiger charge is 2.19. The van der Waals surface area contributed by atoms with Crippen molar-refractivity contribution in [3.05, 3.63) is 0 Å². The van der Waals surface area contributed by atoms with E-state index < -0.39 is 0 Å². The summed E-state index contributed by atoms with van der Waals surface area (Å²) in [5, 5.41) is 0. The Morgan fingerprint density at radius 2 is 0.688 bits per heavy atom. The number of hydrogen-bond donors (Lipinski definition) is 0. The highest BCUT2D eigenvalue weighted by Crippen LogP contribution is 2.06. The monoisotopic (exact) mass is 256 g/mol. The number of hydrogen-bond acceptors (Lipinski definition) is 2. The van der Waals surface area contributed by atoms with Gasteiger partial charge in [0.1, 0.15) is 18.4 Å². The Morgan fingerprint density at radius 1 is 0.500 bits per heavy atom. The van der Waals surface area contributed by atoms with E-state index in [0.29, 0.717) is 24.2 Å². The highest BCUT2D eigenvalue weighted by atomic mass is 29.2. The molecule has 0 fully saturated rings. The van der Waals surface area contributed by atoms with Crippen molar-refractivity contribution in [1.29, 1.82) is 0 Å². The Morgan fingerprint density at radius 3 is 0.812 bits per heavy atom. The summed E-state index contributed by atoms with van der Waals surface area (Å²) < 4.78 is 5.21. The van der Waals surface area contributed by atoms with Gasteiger partial charge in [-0.3, -0.25) is 0 Å². The van der Waals surface area contributed by atoms with Gasteiger partial charge >= 0.3 is 0 Å². The summed E-state index contributed by atoms with van der Waals surface area (Å²) in [7, 11) is 1.87. The van der Waals surface area contributed by atoms with Crippen LogP contribution in [0.15, 0.2) is 0 Å². The summed E-state index contributed by atoms with van der Waals surface area (Å²) in [6.07, 6.45) is 0. The molecule has 0 amide bonds. The maximum Gasteiger partial charge on any atom is 0.144 e. The molecule has 0 heterocycles. The predicted octanol–water partition coefficient (Wildman–Crippen LogP) is 2.38. The average molecular weight is 257 g/mol. The van der Waals surface area contributed by atoms with E-state index in [1.807, 2.05) is 0 Å². The molecule has 0 N–H and O–H groups in total. The van der Waals surface area contributed by atoms with Crippen molar-refractivity contribution in [3.8, 4) is 0 Å². The minimum atomic E-state index is 0.659. The van der Waals surface area contributed by atoms with Crippen LogP contribution in [0.2, 0.25) is 0 Å². The maximum atomic E-state index is 2.61. The van der Waals surface area contributed by atoms with E-state index in [4.69, 9.17) is 0 Å². The van der Waals surface area contributed by atoms with E-state index in [-0.39, 0.29) is 0 Å². The van der Waals surface area contributed by atoms with E-state index in [1.54, 1.807) is 0 Å². The Balaban J connectivity index is 4.27. The first-order valence-corrected chi connectivity index (χ1v) is 9.24. The average Bonchev–Trinajstić information content (AvgIpc) is 2.09. The molecule has 0 unspecified atom stereocenters. The Bertz CT molecular complexity index is 146. The van der Waals surface area contributed by atoms with Gasteiger partial charge in [0.25, 0.3) is 0 Å². The lowest BCUT2D eigenvalue weighted by Gasteiger charge is -2.35. The van der Waals surface area contributed by atoms with Crippen molar-refractivity contribution in [1.82, 2.24) is 9.13 Å². The second kappa shape index (κ2) is 7.64. The molecule has 4 heteroatoms. The molecule has 0 aliphatic carbocycles. The van der Waals surface area contributed by atoms with Crippen molar-refractivity contribution < 1.29 is 0 Å². The van der Waals surface area contributed by atoms with Crippen molar-refractivity contribution in [2.45, 2.75) is 79.6 Å². The summed E-state index contributed by atoms with van der Waals surface area (Å²) in [5.74, 6) is 0. The molecule has 0 aromatic rings. The van der Waals surface area contributed by atoms with Gasteiger partial charge in [-0.05, 0) is 24.2 Å². The summed E-state index contributed by atoms with van der Waals surface area (Å²) in [6.45, 7) is 18.4. The molecule has 94 valence electrons. The summed E-state index contributed by atoms with van der Waals surface area (Å²) in [5.41, 5.74) is 0. The predicted molar refractivity (Wildman–Crippen MR) is 75.7 cm³/mol. The Labute approximate surface area is 107 Å². The van der Waals surface area contributed by atoms with Crippen molar-refractivity contribution in [2.24, 2.45) is 0 Å². The smallest absolute Gasteiger partial charge is 0.144 e. The van der Waals surface area contributed by atoms with Gasteiger partial charge in [-0.25, -0.2) is 0 Å². The second-order valence-corrected chi connectivity index (χ2v) is 8.23. The van der Waals surface area contributed by atoms with Crippen LogP contribution >= 0.6 is 0 Å². The highest BCUT2D eigenvalue weighted by molar-refractivity contribution is 6.97. The van der Waals surface area contributed by atoms with Crippen LogP contribution in [0.4, 0.5) is 0 Å². The molecular formula is C12H28N2Si2. The van der Waals surface area contributed by atoms with Crippen molar-refractivity contribution in [3.63, 3.8) is 0 Å². The van der Waals surface area contributed by atoms with Gasteiger partial charge in [0.2, 0.25) is 0 Å². The van der Waals surface area contributed by atoms with Gasteiger partial charge in [0.05, 0.1) is 0 Å². The molecule has 2 nitrogen and oxygen atoms in total. The molecule has 0 aromatic carbocycles. The standard InChI is InChI=1S/C12H28N2Si2/c1-9(2)13(10(3)4)15-16-14(11(5)6)12(7)8/h9-12H,1-8H3. The minimum absolute atomic E-state index is 0.659. The Hall–Kier alpha value is 0.354. The molecule has 0 aromatic heterocycles. The topological polar surface area (TPSA) is 6.48 Å². The quantitative estimate of drug-likeness (QED) is 0.645. The van der Waals surface area contributed by atoms with Crippen molar-refractivity contribution >= 4 is 18.4 Å². The molecule has 16 heavy (non-hydrogen) atoms. The molecule has 0 bridgehead atoms. The third-order valence-electron chi connectivity index (χ3n) is 2.53. The molecule has 0 saturated carbocycles. The third kappa shape index (κ3) is 5.61. The third-order valence-corrected chi connectivity index (χ3v) is 7.06. The van der Waals surface area contributed by atoms with Crippen LogP contribution in [-0.2, 0) is 0 Å². The van der Waals surface area contributed by atoms with Gasteiger partial charge in [-0.1, -0.05) is 55.4 Å². The fourth-order valence-corrected chi connectivity index (χ4v) is 6.88. The minimum Gasteiger partial charge on any atom is -0.322 e. The number of rotatable bonds is 7. The molecule has 0 aliphatic rings. The molecule has 0 aliphatic heterocycles. The molecular weight excluding hydrogens is 228 g/mol. The van der Waals surface area contributed by atoms with E-state index in [1.165, 1.54) is 0 Å². The zero-order valence-electron chi connectivity index (χ0n) is 12.2. The molecule has 0 rings (SSSR count). The van der Waals surface area contributed by atoms with E-state index in [9.17, 15) is 0 Å². The lowest BCUT2D eigenvalue weighted by molar-refractivity contribution is 0.302. The fraction of sp³-hybridized carbons (Fsp3) is 1.00. The van der Waals surface area contributed by atoms with Gasteiger partial charge < -0.3 is 9.13 Å². The lowest BCUT2D eigenvalue weighted by Crippen LogP contribution is -2.50. The van der Waals surface area contributed by atoms with Gasteiger partial charge in [0, 0.05) is 0 Å². The molecule has 0 spiro atoms. The number of nitrogens with zero attached hydrogens (tertiary/aromatic N) is 2. The second-order valence-electron chi connectivity index (χ2n) is 5.41. The molecule has 4 radical (unpaired) electrons. The summed E-state index contributed by atoms with van der Waals surface area (Å²) in [4.78, 5) is 0. The van der Waals surface area contributed by atoms with Gasteiger partial charge in [0.15, 0.2) is 0 Å². The SMILES string of the molecule is CC(C)N([Si][Si]N(C(C)C)C(C)C)C(C)C. The molecule has 0 saturated heterocycles. The van der Waals surface area contributed by atoms with Crippen LogP contribution < -0.4 is 0 Å². The van der Waals surface area contributed by atoms with Crippen LogP contribution in [0.25, 0.3) is 0 Å². The summed E-state index contributed by atoms with van der Waals surface area (Å²) >= 11 is 0. The summed E-state index contributed by atoms with van der Waals surface area (Å²) in [6, 6.07) is 2.64. The fourth-order valence-electron chi connectivity index (χ4n) is 1.82. The van der Waals surface area contributed by atoms with E-state index >= 15 is 0 Å². The Kier molecular flexibility index (Phi) is 7.80. The van der Waals surface area contributed by atoms with Crippen molar-refractivity contribution in [2.75, 3.05) is 0 Å². The zero-order valence-corrected chi connectivity index (χ0v) is 14.2. The van der Waals surface area contributed by atoms with Crippen LogP contribution in [-0.4, -0.2) is 51.7 Å². The molecule has 0 atom stereocenters. The first-order chi connectivity index (χ1) is 7.27. The van der Waals surface area contributed by atoms with Crippen LogP contribution in [0.1, 0.15) is 55.4 Å². The van der Waals surface area contributed by atoms with Crippen LogP contribution in [0, 0.1) is 0 Å². The van der Waals surface area contributed by atoms with Gasteiger partial charge in [-0.2, -0.15) is 0 Å². The maximum absolute atomic E-state index is 2.61. The zero-order chi connectivity index (χ0) is 12.9. The first-order valence-electron chi connectivity index (χ1n) is 6.35. The van der Waals surface area contributed by atoms with Crippen LogP contribution in [0.3, 0.4) is 0 Å². The van der Waals surface area contributed by atoms with E-state index in [0.717, 1.165) is 18.4 Å². The first kappa shape index (κ1) is 16.4. The van der Waals surface area contributed by atoms with Gasteiger partial charge in [-0.15, -0.1) is 0 Å². The lowest BCUT2D eigenvalue weighted by atomic mass is 10.3.